The van der Waals surface area contributed by atoms with E-state index in [1.165, 1.54) is 12.1 Å². The first-order chi connectivity index (χ1) is 13.9. The first-order valence-corrected chi connectivity index (χ1v) is 10.0. The number of fused-ring (bicyclic) bond motifs is 1. The molecule has 1 heterocycles. The van der Waals surface area contributed by atoms with E-state index in [1.807, 2.05) is 25.2 Å². The molecule has 0 aromatic heterocycles. The van der Waals surface area contributed by atoms with Crippen molar-refractivity contribution in [2.24, 2.45) is 10.9 Å². The molecule has 0 aliphatic carbocycles. The van der Waals surface area contributed by atoms with E-state index in [4.69, 9.17) is 4.74 Å². The van der Waals surface area contributed by atoms with Crippen molar-refractivity contribution in [3.8, 4) is 6.07 Å². The number of aliphatic imine (C=N–C) groups is 1. The summed E-state index contributed by atoms with van der Waals surface area (Å²) in [5.74, 6) is 1.18. The van der Waals surface area contributed by atoms with Gasteiger partial charge in [-0.25, -0.2) is 4.39 Å². The number of hydrogen-bond donors (Lipinski definition) is 0. The van der Waals surface area contributed by atoms with Gasteiger partial charge in [0.25, 0.3) is 0 Å². The van der Waals surface area contributed by atoms with Crippen molar-refractivity contribution in [2.75, 3.05) is 20.6 Å². The maximum atomic E-state index is 13.6. The molecule has 2 aromatic carbocycles. The number of hydrogen-bond acceptors (Lipinski definition) is 3. The number of nitrogens with zero attached hydrogens (tertiary/aromatic N) is 3. The van der Waals surface area contributed by atoms with Gasteiger partial charge in [-0.05, 0) is 53.8 Å². The molecule has 0 radical (unpaired) electrons. The largest absolute Gasteiger partial charge is 0.363 e. The molecular weight excluding hydrogens is 365 g/mol. The summed E-state index contributed by atoms with van der Waals surface area (Å²) >= 11 is 0. The first-order valence-electron chi connectivity index (χ1n) is 10.0. The lowest BCUT2D eigenvalue weighted by Gasteiger charge is -2.32. The van der Waals surface area contributed by atoms with Crippen molar-refractivity contribution in [1.29, 1.82) is 5.26 Å². The minimum atomic E-state index is -0.626. The Bertz CT molecular complexity index is 930. The Labute approximate surface area is 172 Å². The Hall–Kier alpha value is -2.71. The number of rotatable bonds is 6. The zero-order valence-electron chi connectivity index (χ0n) is 17.6. The summed E-state index contributed by atoms with van der Waals surface area (Å²) in [5, 5.41) is 9.22. The molecule has 0 bridgehead atoms. The van der Waals surface area contributed by atoms with E-state index in [2.05, 4.69) is 36.9 Å². The second kappa shape index (κ2) is 8.75. The summed E-state index contributed by atoms with van der Waals surface area (Å²) in [6.45, 7) is 5.58. The highest BCUT2D eigenvalue weighted by Crippen LogP contribution is 2.45. The molecule has 0 saturated heterocycles. The molecule has 2 aromatic rings. The molecule has 1 unspecified atom stereocenters. The van der Waals surface area contributed by atoms with Crippen LogP contribution in [-0.4, -0.2) is 31.4 Å². The topological polar surface area (TPSA) is 48.6 Å². The lowest BCUT2D eigenvalue weighted by molar-refractivity contribution is -0.0136. The smallest absolute Gasteiger partial charge is 0.123 e. The highest BCUT2D eigenvalue weighted by atomic mass is 19.1. The van der Waals surface area contributed by atoms with Crippen LogP contribution < -0.4 is 0 Å². The van der Waals surface area contributed by atoms with Gasteiger partial charge in [0.2, 0.25) is 0 Å². The third-order valence-corrected chi connectivity index (χ3v) is 5.61. The van der Waals surface area contributed by atoms with E-state index in [0.717, 1.165) is 41.9 Å². The highest BCUT2D eigenvalue weighted by Gasteiger charge is 2.41. The normalized spacial score (nSPS) is 18.6. The van der Waals surface area contributed by atoms with Crippen LogP contribution in [0.3, 0.4) is 0 Å². The van der Waals surface area contributed by atoms with E-state index in [0.29, 0.717) is 18.1 Å². The van der Waals surface area contributed by atoms with Crippen molar-refractivity contribution in [3.63, 3.8) is 0 Å². The maximum Gasteiger partial charge on any atom is 0.123 e. The summed E-state index contributed by atoms with van der Waals surface area (Å²) in [5.41, 5.74) is 3.04. The van der Waals surface area contributed by atoms with Gasteiger partial charge < -0.3 is 9.64 Å². The lowest BCUT2D eigenvalue weighted by Crippen LogP contribution is -2.33. The number of ether oxygens (including phenoxy) is 1. The number of halogens is 1. The zero-order valence-corrected chi connectivity index (χ0v) is 17.6. The van der Waals surface area contributed by atoms with Crippen LogP contribution in [0.2, 0.25) is 0 Å². The molecule has 4 nitrogen and oxygen atoms in total. The molecule has 1 aliphatic heterocycles. The molecule has 152 valence electrons. The van der Waals surface area contributed by atoms with Crippen LogP contribution in [0.5, 0.6) is 0 Å². The van der Waals surface area contributed by atoms with Gasteiger partial charge in [0, 0.05) is 26.6 Å². The van der Waals surface area contributed by atoms with Gasteiger partial charge in [0.15, 0.2) is 0 Å². The minimum Gasteiger partial charge on any atom is -0.363 e. The molecule has 0 saturated carbocycles. The summed E-state index contributed by atoms with van der Waals surface area (Å²) < 4.78 is 19.9. The van der Waals surface area contributed by atoms with Crippen LogP contribution in [0.1, 0.15) is 48.9 Å². The quantitative estimate of drug-likeness (QED) is 0.520. The Morgan fingerprint density at radius 2 is 2.00 bits per heavy atom. The SMILES string of the molecule is CN=C(C(C)C)N(C)CCCC1(c2ccc(F)cc2)OCc2cc(C#N)ccc21. The molecule has 5 heteroatoms. The molecule has 1 atom stereocenters. The van der Waals surface area contributed by atoms with Crippen molar-refractivity contribution < 1.29 is 9.13 Å². The Morgan fingerprint density at radius 1 is 1.28 bits per heavy atom. The molecule has 0 N–H and O–H groups in total. The first kappa shape index (κ1) is 21.0. The molecular formula is C24H28FN3O. The highest BCUT2D eigenvalue weighted by molar-refractivity contribution is 5.83. The van der Waals surface area contributed by atoms with Gasteiger partial charge >= 0.3 is 0 Å². The van der Waals surface area contributed by atoms with Crippen LogP contribution in [0.25, 0.3) is 0 Å². The van der Waals surface area contributed by atoms with Gasteiger partial charge in [0.1, 0.15) is 17.3 Å². The predicted molar refractivity (Wildman–Crippen MR) is 113 cm³/mol. The van der Waals surface area contributed by atoms with Gasteiger partial charge in [-0.1, -0.05) is 32.0 Å². The van der Waals surface area contributed by atoms with Crippen LogP contribution in [0.15, 0.2) is 47.5 Å². The summed E-state index contributed by atoms with van der Waals surface area (Å²) in [7, 11) is 3.89. The van der Waals surface area contributed by atoms with Crippen molar-refractivity contribution in [1.82, 2.24) is 4.90 Å². The van der Waals surface area contributed by atoms with Crippen LogP contribution in [0, 0.1) is 23.1 Å². The molecule has 0 fully saturated rings. The van der Waals surface area contributed by atoms with E-state index in [-0.39, 0.29) is 5.82 Å². The molecule has 1 aliphatic rings. The Balaban J connectivity index is 1.89. The monoisotopic (exact) mass is 393 g/mol. The third-order valence-electron chi connectivity index (χ3n) is 5.61. The second-order valence-corrected chi connectivity index (χ2v) is 7.87. The average Bonchev–Trinajstić information content (AvgIpc) is 3.07. The molecule has 0 amide bonds. The van der Waals surface area contributed by atoms with Gasteiger partial charge in [-0.15, -0.1) is 0 Å². The standard InChI is InChI=1S/C24H28FN3O/c1-17(2)23(27-3)28(4)13-5-12-24(20-7-9-21(25)10-8-20)22-11-6-18(15-26)14-19(22)16-29-24/h6-11,14,17H,5,12-13,16H2,1-4H3. The maximum absolute atomic E-state index is 13.6. The zero-order chi connectivity index (χ0) is 21.0. The Kier molecular flexibility index (Phi) is 6.34. The van der Waals surface area contributed by atoms with Crippen LogP contribution in [0.4, 0.5) is 4.39 Å². The second-order valence-electron chi connectivity index (χ2n) is 7.87. The number of benzene rings is 2. The van der Waals surface area contributed by atoms with E-state index < -0.39 is 5.60 Å². The summed E-state index contributed by atoms with van der Waals surface area (Å²) in [4.78, 5) is 6.61. The minimum absolute atomic E-state index is 0.262. The van der Waals surface area contributed by atoms with Crippen LogP contribution >= 0.6 is 0 Å². The van der Waals surface area contributed by atoms with Gasteiger partial charge in [-0.3, -0.25) is 4.99 Å². The summed E-state index contributed by atoms with van der Waals surface area (Å²) in [6.07, 6.45) is 1.65. The predicted octanol–water partition coefficient (Wildman–Crippen LogP) is 4.87. The van der Waals surface area contributed by atoms with Crippen LogP contribution in [-0.2, 0) is 16.9 Å². The van der Waals surface area contributed by atoms with E-state index in [1.54, 1.807) is 12.1 Å². The van der Waals surface area contributed by atoms with E-state index >= 15 is 0 Å². The number of nitriles is 1. The van der Waals surface area contributed by atoms with Gasteiger partial charge in [0.05, 0.1) is 18.2 Å². The van der Waals surface area contributed by atoms with Gasteiger partial charge in [-0.2, -0.15) is 5.26 Å². The molecule has 0 spiro atoms. The van der Waals surface area contributed by atoms with E-state index in [9.17, 15) is 9.65 Å². The number of amidine groups is 1. The summed E-state index contributed by atoms with van der Waals surface area (Å²) in [6, 6.07) is 14.5. The lowest BCUT2D eigenvalue weighted by atomic mass is 9.81. The average molecular weight is 394 g/mol. The van der Waals surface area contributed by atoms with Crippen molar-refractivity contribution >= 4 is 5.84 Å². The molecule has 29 heavy (non-hydrogen) atoms. The fraction of sp³-hybridized carbons (Fsp3) is 0.417. The van der Waals surface area contributed by atoms with Crippen molar-refractivity contribution in [2.45, 2.75) is 38.9 Å². The Morgan fingerprint density at radius 3 is 2.62 bits per heavy atom. The molecule has 3 rings (SSSR count). The van der Waals surface area contributed by atoms with Crippen molar-refractivity contribution in [3.05, 3.63) is 70.5 Å². The third kappa shape index (κ3) is 4.18. The fourth-order valence-electron chi connectivity index (χ4n) is 4.31. The fourth-order valence-corrected chi connectivity index (χ4v) is 4.31.